The first-order chi connectivity index (χ1) is 8.21. The number of nitrogens with zero attached hydrogens (tertiary/aromatic N) is 1. The smallest absolute Gasteiger partial charge is 0.406 e. The Morgan fingerprint density at radius 2 is 1.94 bits per heavy atom. The Labute approximate surface area is 103 Å². The van der Waals surface area contributed by atoms with Gasteiger partial charge in [0.25, 0.3) is 0 Å². The molecule has 18 heavy (non-hydrogen) atoms. The van der Waals surface area contributed by atoms with Crippen molar-refractivity contribution in [2.45, 2.75) is 25.9 Å². The molecule has 0 saturated carbocycles. The van der Waals surface area contributed by atoms with Crippen LogP contribution in [0.2, 0.25) is 0 Å². The van der Waals surface area contributed by atoms with Gasteiger partial charge in [-0.2, -0.15) is 13.2 Å². The van der Waals surface area contributed by atoms with Gasteiger partial charge >= 0.3 is 12.1 Å². The van der Waals surface area contributed by atoms with Crippen LogP contribution < -0.4 is 5.73 Å². The van der Waals surface area contributed by atoms with E-state index in [2.05, 4.69) is 0 Å². The van der Waals surface area contributed by atoms with E-state index in [-0.39, 0.29) is 11.4 Å². The van der Waals surface area contributed by atoms with Crippen LogP contribution in [0.15, 0.2) is 0 Å². The minimum Gasteiger partial charge on any atom is -0.480 e. The van der Waals surface area contributed by atoms with Crippen LogP contribution in [-0.2, 0) is 9.59 Å². The Kier molecular flexibility index (Phi) is 6.67. The zero-order valence-corrected chi connectivity index (χ0v) is 10.0. The van der Waals surface area contributed by atoms with Crippen molar-refractivity contribution in [2.24, 2.45) is 11.7 Å². The molecule has 0 spiro atoms. The molecule has 3 N–H and O–H groups in total. The average Bonchev–Trinajstić information content (AvgIpc) is 2.21. The molecule has 0 aromatic carbocycles. The molecule has 1 unspecified atom stereocenters. The molecule has 8 heteroatoms. The third-order valence-corrected chi connectivity index (χ3v) is 2.28. The van der Waals surface area contributed by atoms with Crippen LogP contribution in [0.4, 0.5) is 13.2 Å². The lowest BCUT2D eigenvalue weighted by Crippen LogP contribution is -2.46. The van der Waals surface area contributed by atoms with Crippen LogP contribution in [0.1, 0.15) is 19.8 Å². The largest absolute Gasteiger partial charge is 0.480 e. The quantitative estimate of drug-likeness (QED) is 0.718. The summed E-state index contributed by atoms with van der Waals surface area (Å²) in [6, 6.07) is 0. The topological polar surface area (TPSA) is 83.6 Å². The van der Waals surface area contributed by atoms with Crippen LogP contribution in [0.5, 0.6) is 0 Å². The molecule has 0 heterocycles. The summed E-state index contributed by atoms with van der Waals surface area (Å²) < 4.78 is 36.8. The Bertz CT molecular complexity index is 295. The van der Waals surface area contributed by atoms with Crippen molar-refractivity contribution in [2.75, 3.05) is 19.6 Å². The molecule has 0 rings (SSSR count). The fourth-order valence-corrected chi connectivity index (χ4v) is 1.54. The maximum Gasteiger partial charge on any atom is 0.406 e. The zero-order valence-electron chi connectivity index (χ0n) is 10.0. The predicted molar refractivity (Wildman–Crippen MR) is 57.7 cm³/mol. The number of hydrogen-bond donors (Lipinski definition) is 2. The van der Waals surface area contributed by atoms with Crippen LogP contribution in [-0.4, -0.2) is 47.7 Å². The van der Waals surface area contributed by atoms with E-state index in [1.807, 2.05) is 0 Å². The molecular weight excluding hydrogens is 253 g/mol. The van der Waals surface area contributed by atoms with Gasteiger partial charge in [-0.05, 0) is 6.42 Å². The van der Waals surface area contributed by atoms with Gasteiger partial charge in [0.05, 0.1) is 5.92 Å². The molecule has 1 amide bonds. The number of halogens is 3. The molecule has 5 nitrogen and oxygen atoms in total. The molecular formula is C10H17F3N2O3. The number of carboxylic acids is 1. The van der Waals surface area contributed by atoms with Gasteiger partial charge in [-0.15, -0.1) is 0 Å². The van der Waals surface area contributed by atoms with Gasteiger partial charge in [-0.3, -0.25) is 9.59 Å². The molecule has 0 aliphatic carbocycles. The van der Waals surface area contributed by atoms with Crippen LogP contribution in [0.25, 0.3) is 0 Å². The third-order valence-electron chi connectivity index (χ3n) is 2.28. The minimum absolute atomic E-state index is 0.0966. The molecule has 0 aliphatic rings. The number of carbonyl (C=O) groups is 2. The van der Waals surface area contributed by atoms with E-state index in [4.69, 9.17) is 10.8 Å². The fourth-order valence-electron chi connectivity index (χ4n) is 1.54. The number of amides is 1. The molecule has 0 saturated heterocycles. The molecule has 0 aromatic heterocycles. The van der Waals surface area contributed by atoms with Gasteiger partial charge in [-0.1, -0.05) is 13.3 Å². The van der Waals surface area contributed by atoms with Gasteiger partial charge in [0.15, 0.2) is 0 Å². The summed E-state index contributed by atoms with van der Waals surface area (Å²) in [5, 5.41) is 8.52. The number of nitrogens with two attached hydrogens (primary N) is 1. The Morgan fingerprint density at radius 3 is 2.28 bits per heavy atom. The van der Waals surface area contributed by atoms with Gasteiger partial charge in [0.2, 0.25) is 5.91 Å². The van der Waals surface area contributed by atoms with E-state index >= 15 is 0 Å². The van der Waals surface area contributed by atoms with Crippen LogP contribution in [0, 0.1) is 5.92 Å². The molecule has 0 aliphatic heterocycles. The highest BCUT2D eigenvalue weighted by Gasteiger charge is 2.35. The van der Waals surface area contributed by atoms with Crippen molar-refractivity contribution in [3.05, 3.63) is 0 Å². The second-order valence-corrected chi connectivity index (χ2v) is 3.92. The highest BCUT2D eigenvalue weighted by atomic mass is 19.4. The van der Waals surface area contributed by atoms with Crippen molar-refractivity contribution in [3.8, 4) is 0 Å². The summed E-state index contributed by atoms with van der Waals surface area (Å²) in [5.74, 6) is -3.12. The van der Waals surface area contributed by atoms with Crippen molar-refractivity contribution in [3.63, 3.8) is 0 Å². The lowest BCUT2D eigenvalue weighted by molar-refractivity contribution is -0.168. The van der Waals surface area contributed by atoms with Gasteiger partial charge < -0.3 is 15.7 Å². The number of carboxylic acid groups (broad SMARTS) is 1. The normalized spacial score (nSPS) is 13.2. The molecule has 0 aromatic rings. The maximum absolute atomic E-state index is 12.3. The van der Waals surface area contributed by atoms with Crippen molar-refractivity contribution in [1.82, 2.24) is 4.90 Å². The fraction of sp³-hybridized carbons (Fsp3) is 0.800. The maximum atomic E-state index is 12.3. The van der Waals surface area contributed by atoms with Crippen molar-refractivity contribution in [1.29, 1.82) is 0 Å². The summed E-state index contributed by atoms with van der Waals surface area (Å²) in [4.78, 5) is 22.5. The number of carbonyl (C=O) groups excluding carboxylic acids is 1. The van der Waals surface area contributed by atoms with Gasteiger partial charge in [0, 0.05) is 6.54 Å². The lowest BCUT2D eigenvalue weighted by Gasteiger charge is -2.26. The zero-order chi connectivity index (χ0) is 14.3. The summed E-state index contributed by atoms with van der Waals surface area (Å²) in [6.45, 7) is -0.876. The van der Waals surface area contributed by atoms with Crippen molar-refractivity contribution < 1.29 is 27.9 Å². The van der Waals surface area contributed by atoms with E-state index in [1.165, 1.54) is 0 Å². The van der Waals surface area contributed by atoms with E-state index in [0.717, 1.165) is 0 Å². The Balaban J connectivity index is 4.82. The molecule has 0 bridgehead atoms. The van der Waals surface area contributed by atoms with Gasteiger partial charge in [-0.25, -0.2) is 0 Å². The molecule has 0 radical (unpaired) electrons. The van der Waals surface area contributed by atoms with Crippen LogP contribution in [0.3, 0.4) is 0 Å². The Hall–Kier alpha value is -1.31. The Morgan fingerprint density at radius 1 is 1.39 bits per heavy atom. The van der Waals surface area contributed by atoms with E-state index in [9.17, 15) is 22.8 Å². The number of alkyl halides is 3. The second-order valence-electron chi connectivity index (χ2n) is 3.92. The highest BCUT2D eigenvalue weighted by Crippen LogP contribution is 2.19. The molecule has 1 atom stereocenters. The average molecular weight is 270 g/mol. The monoisotopic (exact) mass is 270 g/mol. The van der Waals surface area contributed by atoms with Crippen LogP contribution >= 0.6 is 0 Å². The first-order valence-corrected chi connectivity index (χ1v) is 5.48. The number of rotatable bonds is 7. The van der Waals surface area contributed by atoms with Gasteiger partial charge in [0.1, 0.15) is 13.1 Å². The first kappa shape index (κ1) is 16.7. The standard InChI is InChI=1S/C10H17F3N2O3/c1-2-3-7(4-14)9(18)15(5-8(16)17)6-10(11,12)13/h7H,2-6,14H2,1H3,(H,16,17). The second kappa shape index (κ2) is 7.20. The number of hydrogen-bond acceptors (Lipinski definition) is 3. The predicted octanol–water partition coefficient (Wildman–Crippen LogP) is 0.837. The summed E-state index contributed by atoms with van der Waals surface area (Å²) in [6.07, 6.45) is -3.71. The summed E-state index contributed by atoms with van der Waals surface area (Å²) in [5.41, 5.74) is 5.32. The SMILES string of the molecule is CCCC(CN)C(=O)N(CC(=O)O)CC(F)(F)F. The molecule has 106 valence electrons. The number of aliphatic carboxylic acids is 1. The summed E-state index contributed by atoms with van der Waals surface area (Å²) in [7, 11) is 0. The minimum atomic E-state index is -4.63. The van der Waals surface area contributed by atoms with Crippen molar-refractivity contribution >= 4 is 11.9 Å². The lowest BCUT2D eigenvalue weighted by atomic mass is 10.0. The van der Waals surface area contributed by atoms with E-state index < -0.39 is 37.1 Å². The van der Waals surface area contributed by atoms with E-state index in [1.54, 1.807) is 6.92 Å². The first-order valence-electron chi connectivity index (χ1n) is 5.48. The highest BCUT2D eigenvalue weighted by molar-refractivity contribution is 5.83. The molecule has 0 fully saturated rings. The summed E-state index contributed by atoms with van der Waals surface area (Å²) >= 11 is 0. The third kappa shape index (κ3) is 6.43. The van der Waals surface area contributed by atoms with E-state index in [0.29, 0.717) is 12.8 Å².